The van der Waals surface area contributed by atoms with Crippen molar-refractivity contribution in [2.75, 3.05) is 19.7 Å². The van der Waals surface area contributed by atoms with E-state index in [4.69, 9.17) is 9.84 Å². The number of nitrogens with one attached hydrogen (secondary N) is 2. The Hall–Kier alpha value is -3.56. The van der Waals surface area contributed by atoms with Gasteiger partial charge in [-0.05, 0) is 28.7 Å². The first-order valence-electron chi connectivity index (χ1n) is 10.3. The van der Waals surface area contributed by atoms with Gasteiger partial charge in [-0.3, -0.25) is 9.59 Å². The summed E-state index contributed by atoms with van der Waals surface area (Å²) in [6.07, 6.45) is -7.01. The number of carboxylic acids is 1. The summed E-state index contributed by atoms with van der Waals surface area (Å²) in [4.78, 5) is 34.1. The summed E-state index contributed by atoms with van der Waals surface area (Å²) < 4.78 is 44.9. The number of hydrogen-bond donors (Lipinski definition) is 3. The lowest BCUT2D eigenvalue weighted by atomic mass is 9.98. The van der Waals surface area contributed by atoms with Crippen LogP contribution in [0.2, 0.25) is 0 Å². The molecule has 33 heavy (non-hydrogen) atoms. The molecule has 0 aromatic heterocycles. The van der Waals surface area contributed by atoms with Gasteiger partial charge in [-0.1, -0.05) is 48.5 Å². The Bertz CT molecular complexity index is 980. The monoisotopic (exact) mass is 464 g/mol. The lowest BCUT2D eigenvalue weighted by Crippen LogP contribution is -2.36. The van der Waals surface area contributed by atoms with E-state index in [2.05, 4.69) is 5.32 Å². The molecular formula is C23H23F3N2O5. The second-order valence-electron chi connectivity index (χ2n) is 7.65. The molecule has 0 heterocycles. The SMILES string of the molecule is O=C(O)CNC(=O)CC(CCNC(=O)OCC1c2ccccc2-c2ccccc21)C(F)(F)F. The van der Waals surface area contributed by atoms with Crippen molar-refractivity contribution >= 4 is 18.0 Å². The van der Waals surface area contributed by atoms with Gasteiger partial charge in [0.1, 0.15) is 13.2 Å². The van der Waals surface area contributed by atoms with Crippen LogP contribution in [-0.4, -0.2) is 48.9 Å². The highest BCUT2D eigenvalue weighted by molar-refractivity contribution is 5.81. The first kappa shape index (κ1) is 24.1. The summed E-state index contributed by atoms with van der Waals surface area (Å²) >= 11 is 0. The van der Waals surface area contributed by atoms with Gasteiger partial charge in [0.2, 0.25) is 5.91 Å². The van der Waals surface area contributed by atoms with Gasteiger partial charge >= 0.3 is 18.2 Å². The lowest BCUT2D eigenvalue weighted by molar-refractivity contribution is -0.180. The molecule has 0 bridgehead atoms. The van der Waals surface area contributed by atoms with Crippen LogP contribution in [0.3, 0.4) is 0 Å². The highest BCUT2D eigenvalue weighted by Gasteiger charge is 2.40. The maximum absolute atomic E-state index is 13.2. The highest BCUT2D eigenvalue weighted by Crippen LogP contribution is 2.44. The zero-order valence-corrected chi connectivity index (χ0v) is 17.5. The van der Waals surface area contributed by atoms with Gasteiger partial charge in [0, 0.05) is 18.9 Å². The number of carboxylic acid groups (broad SMARTS) is 1. The molecule has 3 N–H and O–H groups in total. The number of hydrogen-bond acceptors (Lipinski definition) is 4. The molecule has 2 amide bonds. The van der Waals surface area contributed by atoms with Gasteiger partial charge in [0.25, 0.3) is 0 Å². The fourth-order valence-corrected chi connectivity index (χ4v) is 3.85. The van der Waals surface area contributed by atoms with E-state index >= 15 is 0 Å². The highest BCUT2D eigenvalue weighted by atomic mass is 19.4. The van der Waals surface area contributed by atoms with E-state index in [1.165, 1.54) is 0 Å². The molecule has 10 heteroatoms. The van der Waals surface area contributed by atoms with Gasteiger partial charge in [-0.15, -0.1) is 0 Å². The molecule has 7 nitrogen and oxygen atoms in total. The second-order valence-corrected chi connectivity index (χ2v) is 7.65. The van der Waals surface area contributed by atoms with Crippen LogP contribution >= 0.6 is 0 Å². The Morgan fingerprint density at radius 2 is 1.55 bits per heavy atom. The third-order valence-electron chi connectivity index (χ3n) is 5.44. The van der Waals surface area contributed by atoms with E-state index in [-0.39, 0.29) is 19.1 Å². The molecule has 1 unspecified atom stereocenters. The van der Waals surface area contributed by atoms with Crippen LogP contribution in [0.25, 0.3) is 11.1 Å². The van der Waals surface area contributed by atoms with Crippen LogP contribution in [0, 0.1) is 5.92 Å². The normalized spacial score (nSPS) is 13.5. The second kappa shape index (κ2) is 10.4. The van der Waals surface area contributed by atoms with Crippen molar-refractivity contribution in [2.45, 2.75) is 24.9 Å². The van der Waals surface area contributed by atoms with Gasteiger partial charge < -0.3 is 20.5 Å². The van der Waals surface area contributed by atoms with Crippen LogP contribution in [0.5, 0.6) is 0 Å². The number of amides is 2. The fraction of sp³-hybridized carbons (Fsp3) is 0.348. The smallest absolute Gasteiger partial charge is 0.407 e. The van der Waals surface area contributed by atoms with Crippen LogP contribution in [0.15, 0.2) is 48.5 Å². The van der Waals surface area contributed by atoms with Crippen molar-refractivity contribution in [1.82, 2.24) is 10.6 Å². The molecule has 1 aliphatic rings. The number of carbonyl (C=O) groups excluding carboxylic acids is 2. The summed E-state index contributed by atoms with van der Waals surface area (Å²) in [5, 5.41) is 12.7. The largest absolute Gasteiger partial charge is 0.480 e. The van der Waals surface area contributed by atoms with E-state index in [1.54, 1.807) is 0 Å². The maximum atomic E-state index is 13.2. The van der Waals surface area contributed by atoms with Crippen molar-refractivity contribution < 1.29 is 37.4 Å². The van der Waals surface area contributed by atoms with Crippen LogP contribution < -0.4 is 10.6 Å². The van der Waals surface area contributed by atoms with Gasteiger partial charge in [0.15, 0.2) is 0 Å². The number of alkyl carbamates (subject to hydrolysis) is 1. The Morgan fingerprint density at radius 1 is 0.970 bits per heavy atom. The molecule has 1 atom stereocenters. The molecule has 1 aliphatic carbocycles. The van der Waals surface area contributed by atoms with Crippen molar-refractivity contribution in [1.29, 1.82) is 0 Å². The summed E-state index contributed by atoms with van der Waals surface area (Å²) in [7, 11) is 0. The molecule has 0 aliphatic heterocycles. The van der Waals surface area contributed by atoms with Crippen LogP contribution in [0.4, 0.5) is 18.0 Å². The van der Waals surface area contributed by atoms with E-state index in [0.717, 1.165) is 22.3 Å². The molecule has 2 aromatic rings. The van der Waals surface area contributed by atoms with E-state index in [1.807, 2.05) is 53.8 Å². The molecule has 0 saturated carbocycles. The summed E-state index contributed by atoms with van der Waals surface area (Å²) in [6, 6.07) is 15.5. The summed E-state index contributed by atoms with van der Waals surface area (Å²) in [6.45, 7) is -1.09. The van der Waals surface area contributed by atoms with Crippen LogP contribution in [0.1, 0.15) is 29.9 Å². The molecule has 0 spiro atoms. The summed E-state index contributed by atoms with van der Waals surface area (Å²) in [5.41, 5.74) is 4.12. The molecular weight excluding hydrogens is 441 g/mol. The fourth-order valence-electron chi connectivity index (χ4n) is 3.85. The van der Waals surface area contributed by atoms with E-state index < -0.39 is 49.5 Å². The topological polar surface area (TPSA) is 105 Å². The lowest BCUT2D eigenvalue weighted by Gasteiger charge is -2.20. The minimum absolute atomic E-state index is 0.0279. The maximum Gasteiger partial charge on any atom is 0.407 e. The zero-order chi connectivity index (χ0) is 24.0. The van der Waals surface area contributed by atoms with E-state index in [9.17, 15) is 27.6 Å². The summed E-state index contributed by atoms with van der Waals surface area (Å²) in [5.74, 6) is -4.59. The number of aliphatic carboxylic acids is 1. The Morgan fingerprint density at radius 3 is 2.09 bits per heavy atom. The standard InChI is InChI=1S/C23H23F3N2O5/c24-23(25,26)14(11-20(29)28-12-21(30)31)9-10-27-22(32)33-13-19-17-7-3-1-5-15(17)16-6-2-4-8-18(16)19/h1-8,14,19H,9-13H2,(H,27,32)(H,28,29)(H,30,31). The first-order valence-corrected chi connectivity index (χ1v) is 10.3. The van der Waals surface area contributed by atoms with Gasteiger partial charge in [-0.25, -0.2) is 4.79 Å². The third-order valence-corrected chi connectivity index (χ3v) is 5.44. The quantitative estimate of drug-likeness (QED) is 0.525. The number of ether oxygens (including phenoxy) is 1. The zero-order valence-electron chi connectivity index (χ0n) is 17.5. The van der Waals surface area contributed by atoms with Gasteiger partial charge in [-0.2, -0.15) is 13.2 Å². The minimum Gasteiger partial charge on any atom is -0.480 e. The Labute approximate surface area is 187 Å². The number of alkyl halides is 3. The van der Waals surface area contributed by atoms with Crippen molar-refractivity contribution in [3.8, 4) is 11.1 Å². The number of fused-ring (bicyclic) bond motifs is 3. The molecule has 176 valence electrons. The Kier molecular flexibility index (Phi) is 7.57. The number of rotatable bonds is 9. The number of benzene rings is 2. The predicted octanol–water partition coefficient (Wildman–Crippen LogP) is 3.68. The van der Waals surface area contributed by atoms with Crippen molar-refractivity contribution in [3.63, 3.8) is 0 Å². The van der Waals surface area contributed by atoms with Crippen molar-refractivity contribution in [3.05, 3.63) is 59.7 Å². The third kappa shape index (κ3) is 6.24. The average Bonchev–Trinajstić information content (AvgIpc) is 3.09. The van der Waals surface area contributed by atoms with Crippen molar-refractivity contribution in [2.24, 2.45) is 5.92 Å². The first-order chi connectivity index (χ1) is 15.7. The minimum atomic E-state index is -4.68. The van der Waals surface area contributed by atoms with Crippen LogP contribution in [-0.2, 0) is 14.3 Å². The van der Waals surface area contributed by atoms with E-state index in [0.29, 0.717) is 0 Å². The van der Waals surface area contributed by atoms with Gasteiger partial charge in [0.05, 0.1) is 5.92 Å². The molecule has 0 radical (unpaired) electrons. The molecule has 0 fully saturated rings. The number of halogens is 3. The molecule has 3 rings (SSSR count). The predicted molar refractivity (Wildman–Crippen MR) is 112 cm³/mol. The Balaban J connectivity index is 1.51. The average molecular weight is 464 g/mol. The molecule has 0 saturated heterocycles. The number of carbonyl (C=O) groups is 3. The molecule has 2 aromatic carbocycles.